The summed E-state index contributed by atoms with van der Waals surface area (Å²) in [5.74, 6) is -1.10. The fourth-order valence-corrected chi connectivity index (χ4v) is 6.14. The van der Waals surface area contributed by atoms with Crippen molar-refractivity contribution in [3.05, 3.63) is 82.7 Å². The minimum absolute atomic E-state index is 0.261. The van der Waals surface area contributed by atoms with Gasteiger partial charge in [0.1, 0.15) is 0 Å². The van der Waals surface area contributed by atoms with E-state index in [4.69, 9.17) is 4.74 Å². The van der Waals surface area contributed by atoms with E-state index >= 15 is 0 Å². The number of rotatable bonds is 5. The van der Waals surface area contributed by atoms with E-state index in [1.54, 1.807) is 41.2 Å². The predicted octanol–water partition coefficient (Wildman–Crippen LogP) is 3.43. The molecule has 2 aromatic carbocycles. The Labute approximate surface area is 205 Å². The van der Waals surface area contributed by atoms with Gasteiger partial charge in [-0.2, -0.15) is 0 Å². The standard InChI is InChI=1S/C25H20F3N3O3Se/c1-24(2)19(20-22(33)21(32)17-8-3-4-9-18(17)23(20)34-24)12-31-11-15(29-30-31)13-35-16-7-5-6-14(10-16)25(26,27)28/h3-11,19H,12-13H2,1-2H3. The van der Waals surface area contributed by atoms with Crippen LogP contribution in [-0.2, 0) is 27.6 Å². The Morgan fingerprint density at radius 1 is 1.06 bits per heavy atom. The molecule has 0 saturated carbocycles. The molecule has 2 aliphatic rings. The molecule has 1 aromatic heterocycles. The number of carbonyl (C=O) groups is 2. The molecular formula is C25H20F3N3O3Se. The van der Waals surface area contributed by atoms with Gasteiger partial charge in [0.25, 0.3) is 0 Å². The Bertz CT molecular complexity index is 1380. The summed E-state index contributed by atoms with van der Waals surface area (Å²) in [6, 6.07) is 12.2. The average Bonchev–Trinajstić information content (AvgIpc) is 3.38. The quantitative estimate of drug-likeness (QED) is 0.362. The molecule has 1 atom stereocenters. The van der Waals surface area contributed by atoms with E-state index in [1.807, 2.05) is 13.8 Å². The van der Waals surface area contributed by atoms with Gasteiger partial charge < -0.3 is 0 Å². The van der Waals surface area contributed by atoms with Crippen LogP contribution in [0, 0.1) is 5.92 Å². The molecule has 0 N–H and O–H groups in total. The van der Waals surface area contributed by atoms with Gasteiger partial charge in [-0.25, -0.2) is 0 Å². The van der Waals surface area contributed by atoms with Crippen molar-refractivity contribution >= 4 is 36.7 Å². The third kappa shape index (κ3) is 4.32. The number of hydrogen-bond acceptors (Lipinski definition) is 5. The van der Waals surface area contributed by atoms with Gasteiger partial charge in [-0.1, -0.05) is 0 Å². The summed E-state index contributed by atoms with van der Waals surface area (Å²) in [5.41, 5.74) is 0.528. The second-order valence-corrected chi connectivity index (χ2v) is 11.2. The number of ether oxygens (including phenoxy) is 1. The second-order valence-electron chi connectivity index (χ2n) is 8.95. The zero-order valence-corrected chi connectivity index (χ0v) is 20.5. The normalized spacial score (nSPS) is 18.9. The molecule has 10 heteroatoms. The summed E-state index contributed by atoms with van der Waals surface area (Å²) in [5, 5.41) is 8.80. The van der Waals surface area contributed by atoms with Crippen molar-refractivity contribution < 1.29 is 27.5 Å². The van der Waals surface area contributed by atoms with Gasteiger partial charge in [-0.3, -0.25) is 0 Å². The fraction of sp³-hybridized carbons (Fsp3) is 0.280. The van der Waals surface area contributed by atoms with Crippen molar-refractivity contribution in [2.45, 2.75) is 37.5 Å². The third-order valence-electron chi connectivity index (χ3n) is 6.17. The van der Waals surface area contributed by atoms with Crippen molar-refractivity contribution in [1.82, 2.24) is 15.0 Å². The molecular weight excluding hydrogens is 526 g/mol. The first-order valence-corrected chi connectivity index (χ1v) is 12.9. The Morgan fingerprint density at radius 2 is 1.80 bits per heavy atom. The first kappa shape index (κ1) is 23.5. The zero-order valence-electron chi connectivity index (χ0n) is 18.8. The van der Waals surface area contributed by atoms with Crippen LogP contribution in [0.15, 0.2) is 60.3 Å². The molecule has 180 valence electrons. The minimum atomic E-state index is -4.38. The average molecular weight is 546 g/mol. The molecule has 0 bridgehead atoms. The van der Waals surface area contributed by atoms with Crippen LogP contribution in [0.5, 0.6) is 0 Å². The first-order chi connectivity index (χ1) is 16.5. The van der Waals surface area contributed by atoms with Gasteiger partial charge in [-0.05, 0) is 0 Å². The van der Waals surface area contributed by atoms with Crippen LogP contribution in [-0.4, -0.2) is 47.1 Å². The van der Waals surface area contributed by atoms with E-state index in [9.17, 15) is 22.8 Å². The Kier molecular flexibility index (Phi) is 5.68. The Hall–Kier alpha value is -3.23. The summed E-state index contributed by atoms with van der Waals surface area (Å²) in [6.45, 7) is 4.01. The van der Waals surface area contributed by atoms with Gasteiger partial charge >= 0.3 is 205 Å². The number of ketones is 2. The predicted molar refractivity (Wildman–Crippen MR) is 122 cm³/mol. The molecule has 1 aliphatic heterocycles. The van der Waals surface area contributed by atoms with E-state index in [2.05, 4.69) is 10.3 Å². The van der Waals surface area contributed by atoms with Crippen LogP contribution in [0.2, 0.25) is 0 Å². The molecule has 0 amide bonds. The molecule has 5 rings (SSSR count). The van der Waals surface area contributed by atoms with Crippen molar-refractivity contribution in [2.75, 3.05) is 0 Å². The number of nitrogens with zero attached hydrogens (tertiary/aromatic N) is 3. The number of carbonyl (C=O) groups excluding carboxylic acids is 2. The van der Waals surface area contributed by atoms with E-state index < -0.39 is 34.8 Å². The maximum atomic E-state index is 13.0. The van der Waals surface area contributed by atoms with Crippen LogP contribution in [0.1, 0.15) is 41.0 Å². The van der Waals surface area contributed by atoms with E-state index in [1.165, 1.54) is 12.1 Å². The number of benzene rings is 2. The molecule has 0 fully saturated rings. The van der Waals surface area contributed by atoms with Gasteiger partial charge in [0.2, 0.25) is 0 Å². The van der Waals surface area contributed by atoms with Crippen LogP contribution >= 0.6 is 0 Å². The van der Waals surface area contributed by atoms with Gasteiger partial charge in [-0.15, -0.1) is 0 Å². The van der Waals surface area contributed by atoms with Crippen LogP contribution in [0.25, 0.3) is 5.76 Å². The Morgan fingerprint density at radius 3 is 2.54 bits per heavy atom. The van der Waals surface area contributed by atoms with Crippen molar-refractivity contribution in [3.63, 3.8) is 0 Å². The molecule has 6 nitrogen and oxygen atoms in total. The maximum absolute atomic E-state index is 13.0. The molecule has 2 heterocycles. The van der Waals surface area contributed by atoms with Crippen molar-refractivity contribution in [2.24, 2.45) is 5.92 Å². The molecule has 0 spiro atoms. The number of fused-ring (bicyclic) bond motifs is 2. The van der Waals surface area contributed by atoms with Crippen LogP contribution in [0.3, 0.4) is 0 Å². The number of Topliss-reactive ketones (excluding diaryl/α,β-unsaturated/α-hetero) is 2. The molecule has 1 unspecified atom stereocenters. The first-order valence-electron chi connectivity index (χ1n) is 10.9. The molecule has 0 radical (unpaired) electrons. The molecule has 0 saturated heterocycles. The fourth-order valence-electron chi connectivity index (χ4n) is 4.39. The summed E-state index contributed by atoms with van der Waals surface area (Å²) in [4.78, 5) is 25.7. The van der Waals surface area contributed by atoms with Crippen molar-refractivity contribution in [1.29, 1.82) is 0 Å². The van der Waals surface area contributed by atoms with E-state index in [0.29, 0.717) is 37.9 Å². The van der Waals surface area contributed by atoms with Crippen LogP contribution < -0.4 is 4.46 Å². The summed E-state index contributed by atoms with van der Waals surface area (Å²) in [6.07, 6.45) is -2.65. The molecule has 3 aromatic rings. The monoisotopic (exact) mass is 547 g/mol. The van der Waals surface area contributed by atoms with E-state index in [0.717, 1.165) is 6.07 Å². The zero-order chi connectivity index (χ0) is 25.0. The number of halogens is 3. The number of alkyl halides is 3. The third-order valence-corrected chi connectivity index (χ3v) is 8.32. The summed E-state index contributed by atoms with van der Waals surface area (Å²) in [7, 11) is 0. The number of aromatic nitrogens is 3. The topological polar surface area (TPSA) is 74.1 Å². The van der Waals surface area contributed by atoms with Gasteiger partial charge in [0.15, 0.2) is 0 Å². The van der Waals surface area contributed by atoms with Crippen molar-refractivity contribution in [3.8, 4) is 0 Å². The summed E-state index contributed by atoms with van der Waals surface area (Å²) >= 11 is -0.261. The molecule has 1 aliphatic carbocycles. The summed E-state index contributed by atoms with van der Waals surface area (Å²) < 4.78 is 47.3. The van der Waals surface area contributed by atoms with E-state index in [-0.39, 0.29) is 21.5 Å². The molecule has 35 heavy (non-hydrogen) atoms. The van der Waals surface area contributed by atoms with Gasteiger partial charge in [0, 0.05) is 0 Å². The second kappa shape index (κ2) is 8.46. The number of hydrogen-bond donors (Lipinski definition) is 0. The Balaban J connectivity index is 1.35. The SMILES string of the molecule is CC1(C)OC2=C(C(=O)C(=O)c3ccccc32)C1Cn1cc(C[Se]c2cccc(C(F)(F)F)c2)nn1. The van der Waals surface area contributed by atoms with Gasteiger partial charge in [0.05, 0.1) is 0 Å². The van der Waals surface area contributed by atoms with Crippen LogP contribution in [0.4, 0.5) is 13.2 Å².